The van der Waals surface area contributed by atoms with Gasteiger partial charge in [-0.15, -0.1) is 11.8 Å². The smallest absolute Gasteiger partial charge is 0.256 e. The summed E-state index contributed by atoms with van der Waals surface area (Å²) >= 11 is 1.71. The molecule has 0 bridgehead atoms. The highest BCUT2D eigenvalue weighted by atomic mass is 32.2. The third kappa shape index (κ3) is 4.89. The Labute approximate surface area is 171 Å². The summed E-state index contributed by atoms with van der Waals surface area (Å²) in [6.07, 6.45) is 6.42. The van der Waals surface area contributed by atoms with Crippen LogP contribution in [-0.4, -0.2) is 37.5 Å². The lowest BCUT2D eigenvalue weighted by molar-refractivity contribution is 0.102. The van der Waals surface area contributed by atoms with Crippen molar-refractivity contribution in [2.45, 2.75) is 43.1 Å². The van der Waals surface area contributed by atoms with E-state index in [0.29, 0.717) is 6.10 Å². The first-order chi connectivity index (χ1) is 13.8. The van der Waals surface area contributed by atoms with Gasteiger partial charge in [0.2, 0.25) is 0 Å². The van der Waals surface area contributed by atoms with Crippen molar-refractivity contribution in [3.05, 3.63) is 54.1 Å². The number of ether oxygens (including phenoxy) is 1. The summed E-state index contributed by atoms with van der Waals surface area (Å²) in [6.45, 7) is 3.11. The maximum atomic E-state index is 12.9. The highest BCUT2D eigenvalue weighted by Gasteiger charge is 2.18. The average molecular weight is 397 g/mol. The molecular weight excluding hydrogens is 368 g/mol. The first-order valence-corrected chi connectivity index (χ1v) is 11.3. The van der Waals surface area contributed by atoms with E-state index < -0.39 is 0 Å². The van der Waals surface area contributed by atoms with Crippen molar-refractivity contribution in [1.29, 1.82) is 0 Å². The van der Waals surface area contributed by atoms with Crippen LogP contribution in [0, 0.1) is 0 Å². The van der Waals surface area contributed by atoms with Crippen molar-refractivity contribution < 1.29 is 9.53 Å². The number of benzene rings is 2. The fourth-order valence-corrected chi connectivity index (χ4v) is 4.96. The van der Waals surface area contributed by atoms with Crippen LogP contribution in [0.15, 0.2) is 53.4 Å². The molecule has 28 heavy (non-hydrogen) atoms. The quantitative estimate of drug-likeness (QED) is 0.682. The van der Waals surface area contributed by atoms with Gasteiger partial charge in [-0.1, -0.05) is 12.1 Å². The van der Waals surface area contributed by atoms with Crippen LogP contribution in [0.4, 0.5) is 11.4 Å². The van der Waals surface area contributed by atoms with Crippen LogP contribution in [0.5, 0.6) is 0 Å². The van der Waals surface area contributed by atoms with Crippen molar-refractivity contribution in [2.24, 2.45) is 0 Å². The van der Waals surface area contributed by atoms with E-state index in [4.69, 9.17) is 4.74 Å². The van der Waals surface area contributed by atoms with Gasteiger partial charge in [-0.2, -0.15) is 0 Å². The zero-order valence-corrected chi connectivity index (χ0v) is 17.0. The van der Waals surface area contributed by atoms with Crippen LogP contribution >= 0.6 is 11.8 Å². The predicted molar refractivity (Wildman–Crippen MR) is 117 cm³/mol. The molecule has 0 unspecified atom stereocenters. The Morgan fingerprint density at radius 3 is 2.57 bits per heavy atom. The molecule has 2 fully saturated rings. The molecule has 1 N–H and O–H groups in total. The van der Waals surface area contributed by atoms with Gasteiger partial charge in [0.25, 0.3) is 5.91 Å². The number of nitrogens with one attached hydrogen (secondary N) is 1. The molecule has 2 saturated heterocycles. The second-order valence-corrected chi connectivity index (χ2v) is 8.55. The monoisotopic (exact) mass is 396 g/mol. The van der Waals surface area contributed by atoms with Crippen molar-refractivity contribution in [3.8, 4) is 0 Å². The third-order valence-electron chi connectivity index (χ3n) is 5.43. The molecule has 0 saturated carbocycles. The molecule has 0 aliphatic carbocycles. The fraction of sp³-hybridized carbons (Fsp3) is 0.435. The number of piperidine rings is 1. The topological polar surface area (TPSA) is 41.6 Å². The molecule has 148 valence electrons. The maximum absolute atomic E-state index is 12.9. The van der Waals surface area contributed by atoms with E-state index >= 15 is 0 Å². The lowest BCUT2D eigenvalue weighted by atomic mass is 10.1. The minimum atomic E-state index is -0.0545. The third-order valence-corrected chi connectivity index (χ3v) is 6.63. The van der Waals surface area contributed by atoms with Gasteiger partial charge < -0.3 is 15.0 Å². The van der Waals surface area contributed by atoms with Crippen LogP contribution in [0.1, 0.15) is 42.5 Å². The standard InChI is InChI=1S/C23H28N2O2S/c26-23(21-8-2-3-9-22(21)28-17-20-7-6-16-27-20)24-18-10-12-19(13-11-18)25-14-4-1-5-15-25/h2-3,8-13,20H,1,4-7,14-17H2,(H,24,26)/t20-/m1/s1. The first kappa shape index (κ1) is 19.3. The van der Waals surface area contributed by atoms with Crippen molar-refractivity contribution in [1.82, 2.24) is 0 Å². The van der Waals surface area contributed by atoms with Gasteiger partial charge in [-0.3, -0.25) is 4.79 Å². The molecule has 2 heterocycles. The van der Waals surface area contributed by atoms with Crippen LogP contribution in [0.2, 0.25) is 0 Å². The predicted octanol–water partition coefficient (Wildman–Crippen LogP) is 5.20. The molecule has 2 aromatic rings. The number of carbonyl (C=O) groups is 1. The Hall–Kier alpha value is -1.98. The van der Waals surface area contributed by atoms with Gasteiger partial charge in [0.05, 0.1) is 11.7 Å². The van der Waals surface area contributed by atoms with E-state index in [2.05, 4.69) is 22.3 Å². The van der Waals surface area contributed by atoms with Crippen LogP contribution in [-0.2, 0) is 4.74 Å². The summed E-state index contributed by atoms with van der Waals surface area (Å²) in [5, 5.41) is 3.05. The van der Waals surface area contributed by atoms with Crippen LogP contribution < -0.4 is 10.2 Å². The summed E-state index contributed by atoms with van der Waals surface area (Å²) in [7, 11) is 0. The second-order valence-electron chi connectivity index (χ2n) is 7.49. The molecule has 1 amide bonds. The summed E-state index contributed by atoms with van der Waals surface area (Å²) in [5.74, 6) is 0.843. The van der Waals surface area contributed by atoms with Crippen molar-refractivity contribution >= 4 is 29.0 Å². The van der Waals surface area contributed by atoms with E-state index in [9.17, 15) is 4.79 Å². The number of rotatable bonds is 6. The number of hydrogen-bond acceptors (Lipinski definition) is 4. The van der Waals surface area contributed by atoms with E-state index in [1.165, 1.54) is 24.9 Å². The van der Waals surface area contributed by atoms with Gasteiger partial charge in [0, 0.05) is 41.7 Å². The van der Waals surface area contributed by atoms with Gasteiger partial charge in [-0.25, -0.2) is 0 Å². The molecule has 2 aliphatic rings. The zero-order chi connectivity index (χ0) is 19.2. The number of amides is 1. The Bertz CT molecular complexity index is 781. The fourth-order valence-electron chi connectivity index (χ4n) is 3.84. The Morgan fingerprint density at radius 1 is 1.04 bits per heavy atom. The van der Waals surface area contributed by atoms with Crippen molar-refractivity contribution in [2.75, 3.05) is 35.7 Å². The molecule has 2 aliphatic heterocycles. The molecule has 4 rings (SSSR count). The summed E-state index contributed by atoms with van der Waals surface area (Å²) in [4.78, 5) is 16.3. The lowest BCUT2D eigenvalue weighted by Crippen LogP contribution is -2.29. The van der Waals surface area contributed by atoms with Crippen molar-refractivity contribution in [3.63, 3.8) is 0 Å². The lowest BCUT2D eigenvalue weighted by Gasteiger charge is -2.28. The summed E-state index contributed by atoms with van der Waals surface area (Å²) in [5.41, 5.74) is 2.81. The van der Waals surface area contributed by atoms with Gasteiger partial charge >= 0.3 is 0 Å². The number of thioether (sulfide) groups is 1. The molecule has 5 heteroatoms. The van der Waals surface area contributed by atoms with Gasteiger partial charge in [0.15, 0.2) is 0 Å². The highest BCUT2D eigenvalue weighted by Crippen LogP contribution is 2.28. The van der Waals surface area contributed by atoms with E-state index in [1.54, 1.807) is 11.8 Å². The largest absolute Gasteiger partial charge is 0.377 e. The van der Waals surface area contributed by atoms with Gasteiger partial charge in [0.1, 0.15) is 0 Å². The SMILES string of the molecule is O=C(Nc1ccc(N2CCCCC2)cc1)c1ccccc1SC[C@H]1CCCO1. The summed E-state index contributed by atoms with van der Waals surface area (Å²) in [6, 6.07) is 16.1. The normalized spacial score (nSPS) is 19.6. The van der Waals surface area contributed by atoms with Crippen LogP contribution in [0.25, 0.3) is 0 Å². The average Bonchev–Trinajstić information content (AvgIpc) is 3.27. The Morgan fingerprint density at radius 2 is 1.82 bits per heavy atom. The number of carbonyl (C=O) groups excluding carboxylic acids is 1. The molecule has 4 nitrogen and oxygen atoms in total. The minimum absolute atomic E-state index is 0.0545. The molecule has 0 spiro atoms. The Balaban J connectivity index is 1.39. The zero-order valence-electron chi connectivity index (χ0n) is 16.2. The molecule has 1 atom stereocenters. The second kappa shape index (κ2) is 9.48. The summed E-state index contributed by atoms with van der Waals surface area (Å²) < 4.78 is 5.71. The highest BCUT2D eigenvalue weighted by molar-refractivity contribution is 7.99. The molecule has 2 aromatic carbocycles. The van der Waals surface area contributed by atoms with E-state index in [-0.39, 0.29) is 5.91 Å². The number of nitrogens with zero attached hydrogens (tertiary/aromatic N) is 1. The maximum Gasteiger partial charge on any atom is 0.256 e. The molecule has 0 aromatic heterocycles. The molecule has 0 radical (unpaired) electrons. The number of hydrogen-bond donors (Lipinski definition) is 1. The van der Waals surface area contributed by atoms with E-state index in [0.717, 1.165) is 54.4 Å². The Kier molecular flexibility index (Phi) is 6.55. The molecular formula is C23H28N2O2S. The van der Waals surface area contributed by atoms with Crippen LogP contribution in [0.3, 0.4) is 0 Å². The minimum Gasteiger partial charge on any atom is -0.377 e. The first-order valence-electron chi connectivity index (χ1n) is 10.3. The van der Waals surface area contributed by atoms with E-state index in [1.807, 2.05) is 36.4 Å². The number of anilines is 2. The van der Waals surface area contributed by atoms with Gasteiger partial charge in [-0.05, 0) is 68.5 Å².